The van der Waals surface area contributed by atoms with Crippen LogP contribution in [-0.4, -0.2) is 51.7 Å². The molecule has 0 aromatic rings. The average Bonchev–Trinajstić information content (AvgIpc) is 2.11. The molecule has 0 bridgehead atoms. The van der Waals surface area contributed by atoms with Crippen LogP contribution in [0.2, 0.25) is 0 Å². The Kier molecular flexibility index (Phi) is 10.9. The van der Waals surface area contributed by atoms with Gasteiger partial charge in [-0.1, -0.05) is 0 Å². The molecule has 0 saturated carbocycles. The van der Waals surface area contributed by atoms with Gasteiger partial charge in [0.15, 0.2) is 0 Å². The zero-order valence-corrected chi connectivity index (χ0v) is 9.51. The lowest BCUT2D eigenvalue weighted by Crippen LogP contribution is -2.13. The van der Waals surface area contributed by atoms with Gasteiger partial charge in [0, 0.05) is 22.5 Å². The first kappa shape index (κ1) is 13.0. The lowest BCUT2D eigenvalue weighted by Gasteiger charge is -2.11. The molecule has 0 radical (unpaired) electrons. The molecule has 0 spiro atoms. The number of thiol groups is 1. The Morgan fingerprint density at radius 3 is 2.50 bits per heavy atom. The highest BCUT2D eigenvalue weighted by Crippen LogP contribution is 2.15. The van der Waals surface area contributed by atoms with E-state index in [2.05, 4.69) is 12.6 Å². The molecule has 0 heterocycles. The highest BCUT2D eigenvalue weighted by molar-refractivity contribution is 8.03. The van der Waals surface area contributed by atoms with E-state index in [-0.39, 0.29) is 18.5 Å². The Hall–Kier alpha value is 0.970. The molecule has 0 rings (SSSR count). The second kappa shape index (κ2) is 10.1. The minimum absolute atomic E-state index is 0.193. The lowest BCUT2D eigenvalue weighted by atomic mass is 10.5. The van der Waals surface area contributed by atoms with Crippen LogP contribution in [0.4, 0.5) is 0 Å². The predicted molar refractivity (Wildman–Crippen MR) is 61.6 cm³/mol. The Balaban J connectivity index is 3.26. The summed E-state index contributed by atoms with van der Waals surface area (Å²) in [6, 6.07) is 0. The molecule has 2 N–H and O–H groups in total. The van der Waals surface area contributed by atoms with Crippen molar-refractivity contribution in [2.45, 2.75) is 5.25 Å². The van der Waals surface area contributed by atoms with Gasteiger partial charge in [-0.25, -0.2) is 0 Å². The van der Waals surface area contributed by atoms with Crippen molar-refractivity contribution in [3.63, 3.8) is 0 Å². The third kappa shape index (κ3) is 7.61. The average molecular weight is 228 g/mol. The molecule has 0 aliphatic carbocycles. The SMILES string of the molecule is OCCSC(CO)CSCCS. The Labute approximate surface area is 87.9 Å². The van der Waals surface area contributed by atoms with E-state index in [0.717, 1.165) is 17.3 Å². The number of rotatable bonds is 8. The molecule has 2 nitrogen and oxygen atoms in total. The molecule has 0 aromatic carbocycles. The molecule has 0 saturated heterocycles. The van der Waals surface area contributed by atoms with E-state index in [1.54, 1.807) is 23.5 Å². The molecule has 5 heteroatoms. The number of aliphatic hydroxyl groups excluding tert-OH is 2. The molecule has 0 aliphatic rings. The molecule has 0 amide bonds. The monoisotopic (exact) mass is 228 g/mol. The van der Waals surface area contributed by atoms with Crippen molar-refractivity contribution < 1.29 is 10.2 Å². The summed E-state index contributed by atoms with van der Waals surface area (Å²) in [5, 5.41) is 17.7. The van der Waals surface area contributed by atoms with Crippen LogP contribution in [0.1, 0.15) is 0 Å². The largest absolute Gasteiger partial charge is 0.396 e. The van der Waals surface area contributed by atoms with E-state index in [4.69, 9.17) is 10.2 Å². The number of aliphatic hydroxyl groups is 2. The first-order chi connectivity index (χ1) is 5.85. The predicted octanol–water partition coefficient (Wildman–Crippen LogP) is 0.736. The van der Waals surface area contributed by atoms with Gasteiger partial charge in [-0.3, -0.25) is 0 Å². The fraction of sp³-hybridized carbons (Fsp3) is 1.00. The molecular formula is C7H16O2S3. The summed E-state index contributed by atoms with van der Waals surface area (Å²) in [6.07, 6.45) is 0. The maximum absolute atomic E-state index is 8.92. The zero-order valence-electron chi connectivity index (χ0n) is 6.98. The molecule has 74 valence electrons. The quantitative estimate of drug-likeness (QED) is 0.423. The fourth-order valence-electron chi connectivity index (χ4n) is 0.652. The topological polar surface area (TPSA) is 40.5 Å². The van der Waals surface area contributed by atoms with Gasteiger partial charge >= 0.3 is 0 Å². The molecule has 12 heavy (non-hydrogen) atoms. The van der Waals surface area contributed by atoms with Crippen molar-refractivity contribution in [1.29, 1.82) is 0 Å². The molecule has 1 atom stereocenters. The molecule has 1 unspecified atom stereocenters. The van der Waals surface area contributed by atoms with E-state index in [1.807, 2.05) is 0 Å². The second-order valence-corrected chi connectivity index (χ2v) is 5.20. The van der Waals surface area contributed by atoms with Crippen LogP contribution in [0.15, 0.2) is 0 Å². The van der Waals surface area contributed by atoms with Crippen LogP contribution in [-0.2, 0) is 0 Å². The van der Waals surface area contributed by atoms with E-state index in [1.165, 1.54) is 0 Å². The van der Waals surface area contributed by atoms with Gasteiger partial charge in [-0.05, 0) is 5.75 Å². The van der Waals surface area contributed by atoms with Crippen molar-refractivity contribution in [2.24, 2.45) is 0 Å². The Morgan fingerprint density at radius 2 is 2.00 bits per heavy atom. The summed E-state index contributed by atoms with van der Waals surface area (Å²) in [5.74, 6) is 3.57. The summed E-state index contributed by atoms with van der Waals surface area (Å²) in [5.41, 5.74) is 0. The van der Waals surface area contributed by atoms with E-state index in [9.17, 15) is 0 Å². The van der Waals surface area contributed by atoms with Gasteiger partial charge in [0.2, 0.25) is 0 Å². The summed E-state index contributed by atoms with van der Waals surface area (Å²) >= 11 is 7.52. The van der Waals surface area contributed by atoms with Gasteiger partial charge in [0.05, 0.1) is 13.2 Å². The van der Waals surface area contributed by atoms with Gasteiger partial charge < -0.3 is 10.2 Å². The second-order valence-electron chi connectivity index (χ2n) is 2.20. The first-order valence-electron chi connectivity index (χ1n) is 3.87. The van der Waals surface area contributed by atoms with Crippen molar-refractivity contribution in [2.75, 3.05) is 36.2 Å². The zero-order chi connectivity index (χ0) is 9.23. The maximum Gasteiger partial charge on any atom is 0.0558 e. The van der Waals surface area contributed by atoms with Crippen molar-refractivity contribution >= 4 is 36.2 Å². The number of hydrogen-bond donors (Lipinski definition) is 3. The Morgan fingerprint density at radius 1 is 1.25 bits per heavy atom. The van der Waals surface area contributed by atoms with Crippen LogP contribution in [0.3, 0.4) is 0 Å². The normalized spacial score (nSPS) is 13.2. The number of hydrogen-bond acceptors (Lipinski definition) is 5. The van der Waals surface area contributed by atoms with Crippen LogP contribution >= 0.6 is 36.2 Å². The highest BCUT2D eigenvalue weighted by Gasteiger charge is 2.06. The lowest BCUT2D eigenvalue weighted by molar-refractivity contribution is 0.300. The summed E-state index contributed by atoms with van der Waals surface area (Å²) in [6.45, 7) is 0.392. The molecule has 0 aliphatic heterocycles. The van der Waals surface area contributed by atoms with Gasteiger partial charge in [0.25, 0.3) is 0 Å². The number of thioether (sulfide) groups is 2. The Bertz CT molecular complexity index is 92.7. The molecule has 0 aromatic heterocycles. The van der Waals surface area contributed by atoms with Crippen molar-refractivity contribution in [3.05, 3.63) is 0 Å². The van der Waals surface area contributed by atoms with E-state index >= 15 is 0 Å². The standard InChI is InChI=1S/C7H16O2S3/c8-1-3-12-7(5-9)6-11-4-2-10/h7-10H,1-6H2. The molecular weight excluding hydrogens is 212 g/mol. The highest BCUT2D eigenvalue weighted by atomic mass is 32.2. The van der Waals surface area contributed by atoms with Crippen molar-refractivity contribution in [3.8, 4) is 0 Å². The smallest absolute Gasteiger partial charge is 0.0558 e. The third-order valence-electron chi connectivity index (χ3n) is 1.19. The van der Waals surface area contributed by atoms with Gasteiger partial charge in [-0.2, -0.15) is 36.2 Å². The fourth-order valence-corrected chi connectivity index (χ4v) is 2.92. The van der Waals surface area contributed by atoms with E-state index in [0.29, 0.717) is 5.75 Å². The van der Waals surface area contributed by atoms with Gasteiger partial charge in [0.1, 0.15) is 0 Å². The van der Waals surface area contributed by atoms with E-state index < -0.39 is 0 Å². The maximum atomic E-state index is 8.92. The van der Waals surface area contributed by atoms with Crippen molar-refractivity contribution in [1.82, 2.24) is 0 Å². The van der Waals surface area contributed by atoms with Crippen LogP contribution < -0.4 is 0 Å². The molecule has 0 fully saturated rings. The van der Waals surface area contributed by atoms with Crippen LogP contribution in [0, 0.1) is 0 Å². The van der Waals surface area contributed by atoms with Crippen LogP contribution in [0.5, 0.6) is 0 Å². The third-order valence-corrected chi connectivity index (χ3v) is 4.26. The first-order valence-corrected chi connectivity index (χ1v) is 6.70. The summed E-state index contributed by atoms with van der Waals surface area (Å²) in [4.78, 5) is 0. The minimum Gasteiger partial charge on any atom is -0.396 e. The summed E-state index contributed by atoms with van der Waals surface area (Å²) < 4.78 is 0. The summed E-state index contributed by atoms with van der Waals surface area (Å²) in [7, 11) is 0. The minimum atomic E-state index is 0.193. The van der Waals surface area contributed by atoms with Crippen LogP contribution in [0.25, 0.3) is 0 Å². The van der Waals surface area contributed by atoms with Gasteiger partial charge in [-0.15, -0.1) is 0 Å².